The van der Waals surface area contributed by atoms with E-state index in [2.05, 4.69) is 11.8 Å². The van der Waals surface area contributed by atoms with Crippen molar-refractivity contribution in [1.82, 2.24) is 9.80 Å². The maximum Gasteiger partial charge on any atom is 0.237 e. The quantitative estimate of drug-likeness (QED) is 0.780. The molecule has 0 radical (unpaired) electrons. The fourth-order valence-corrected chi connectivity index (χ4v) is 6.47. The van der Waals surface area contributed by atoms with Gasteiger partial charge in [-0.2, -0.15) is 0 Å². The lowest BCUT2D eigenvalue weighted by Crippen LogP contribution is -2.52. The zero-order valence-corrected chi connectivity index (χ0v) is 16.3. The number of sulfone groups is 1. The van der Waals surface area contributed by atoms with E-state index >= 15 is 0 Å². The Balaban J connectivity index is 1.69. The largest absolute Gasteiger partial charge is 0.335 e. The topological polar surface area (TPSA) is 83.7 Å². The molecule has 0 aromatic carbocycles. The van der Waals surface area contributed by atoms with Crippen molar-refractivity contribution in [3.05, 3.63) is 0 Å². The summed E-state index contributed by atoms with van der Waals surface area (Å²) in [4.78, 5) is 17.3. The van der Waals surface area contributed by atoms with E-state index in [1.54, 1.807) is 0 Å². The van der Waals surface area contributed by atoms with Crippen molar-refractivity contribution < 1.29 is 13.2 Å². The zero-order chi connectivity index (χ0) is 18.1. The molecule has 0 spiro atoms. The Kier molecular flexibility index (Phi) is 5.75. The number of nitrogens with zero attached hydrogens (tertiary/aromatic N) is 2. The third kappa shape index (κ3) is 4.55. The van der Waals surface area contributed by atoms with Gasteiger partial charge in [-0.05, 0) is 44.2 Å². The monoisotopic (exact) mass is 371 g/mol. The van der Waals surface area contributed by atoms with Crippen LogP contribution in [0.4, 0.5) is 0 Å². The van der Waals surface area contributed by atoms with Crippen molar-refractivity contribution in [3.8, 4) is 0 Å². The van der Waals surface area contributed by atoms with Gasteiger partial charge in [0.15, 0.2) is 9.84 Å². The molecule has 1 aliphatic carbocycles. The van der Waals surface area contributed by atoms with Crippen molar-refractivity contribution in [2.24, 2.45) is 11.1 Å². The lowest BCUT2D eigenvalue weighted by atomic mass is 9.90. The summed E-state index contributed by atoms with van der Waals surface area (Å²) in [6, 6.07) is 0.104. The molecule has 2 aliphatic heterocycles. The predicted octanol–water partition coefficient (Wildman–Crippen LogP) is 1.01. The second-order valence-corrected chi connectivity index (χ2v) is 10.9. The summed E-state index contributed by atoms with van der Waals surface area (Å²) in [7, 11) is -2.99. The number of rotatable bonds is 5. The Bertz CT molecular complexity index is 588. The van der Waals surface area contributed by atoms with Gasteiger partial charge in [0.05, 0.1) is 18.1 Å². The molecule has 0 aromatic heterocycles. The second kappa shape index (κ2) is 7.53. The minimum atomic E-state index is -2.99. The molecular weight excluding hydrogens is 338 g/mol. The minimum absolute atomic E-state index is 0.104. The highest BCUT2D eigenvalue weighted by molar-refractivity contribution is 7.91. The third-order valence-corrected chi connectivity index (χ3v) is 8.10. The Morgan fingerprint density at radius 1 is 1.20 bits per heavy atom. The summed E-state index contributed by atoms with van der Waals surface area (Å²) in [6.07, 6.45) is 7.17. The number of carbonyl (C=O) groups is 1. The molecule has 3 fully saturated rings. The summed E-state index contributed by atoms with van der Waals surface area (Å²) < 4.78 is 23.9. The van der Waals surface area contributed by atoms with Crippen LogP contribution in [0.15, 0.2) is 0 Å². The van der Waals surface area contributed by atoms with Crippen molar-refractivity contribution in [2.45, 2.75) is 64.0 Å². The lowest BCUT2D eigenvalue weighted by Gasteiger charge is -2.39. The van der Waals surface area contributed by atoms with E-state index < -0.39 is 9.84 Å². The highest BCUT2D eigenvalue weighted by atomic mass is 32.2. The number of hydrogen-bond acceptors (Lipinski definition) is 5. The SMILES string of the molecule is CC1(CN)CCN(CC(=O)N(C2CCCCC2)C2CCS(=O)(=O)C2)C1. The highest BCUT2D eigenvalue weighted by Gasteiger charge is 2.40. The van der Waals surface area contributed by atoms with Gasteiger partial charge in [0.1, 0.15) is 0 Å². The van der Waals surface area contributed by atoms with Gasteiger partial charge in [-0.15, -0.1) is 0 Å². The summed E-state index contributed by atoms with van der Waals surface area (Å²) in [6.45, 7) is 4.99. The van der Waals surface area contributed by atoms with Crippen LogP contribution in [0.1, 0.15) is 51.9 Å². The first-order valence-corrected chi connectivity index (χ1v) is 11.6. The van der Waals surface area contributed by atoms with E-state index in [4.69, 9.17) is 5.73 Å². The molecule has 3 aliphatic rings. The number of hydrogen-bond donors (Lipinski definition) is 1. The molecule has 144 valence electrons. The van der Waals surface area contributed by atoms with Gasteiger partial charge < -0.3 is 10.6 Å². The maximum atomic E-state index is 13.2. The van der Waals surface area contributed by atoms with Crippen LogP contribution in [0.2, 0.25) is 0 Å². The van der Waals surface area contributed by atoms with E-state index in [0.29, 0.717) is 19.5 Å². The van der Waals surface area contributed by atoms with Gasteiger partial charge in [0.2, 0.25) is 5.91 Å². The molecule has 0 bridgehead atoms. The van der Waals surface area contributed by atoms with E-state index in [9.17, 15) is 13.2 Å². The van der Waals surface area contributed by atoms with E-state index in [1.165, 1.54) is 6.42 Å². The smallest absolute Gasteiger partial charge is 0.237 e. The van der Waals surface area contributed by atoms with Crippen LogP contribution in [0.5, 0.6) is 0 Å². The molecule has 3 rings (SSSR count). The fraction of sp³-hybridized carbons (Fsp3) is 0.944. The molecule has 7 heteroatoms. The normalized spacial score (nSPS) is 33.6. The molecule has 2 atom stereocenters. The molecule has 2 heterocycles. The second-order valence-electron chi connectivity index (χ2n) is 8.63. The molecule has 6 nitrogen and oxygen atoms in total. The molecular formula is C18H33N3O3S. The first-order valence-electron chi connectivity index (χ1n) is 9.76. The van der Waals surface area contributed by atoms with Crippen LogP contribution in [0.3, 0.4) is 0 Å². The van der Waals surface area contributed by atoms with E-state index in [1.807, 2.05) is 4.90 Å². The van der Waals surface area contributed by atoms with Crippen molar-refractivity contribution in [2.75, 3.05) is 37.7 Å². The number of carbonyl (C=O) groups excluding carboxylic acids is 1. The van der Waals surface area contributed by atoms with E-state index in [-0.39, 0.29) is 34.9 Å². The molecule has 1 saturated carbocycles. The first-order chi connectivity index (χ1) is 11.8. The van der Waals surface area contributed by atoms with Gasteiger partial charge in [0.25, 0.3) is 0 Å². The van der Waals surface area contributed by atoms with Crippen LogP contribution in [0, 0.1) is 5.41 Å². The van der Waals surface area contributed by atoms with Crippen molar-refractivity contribution >= 4 is 15.7 Å². The Hall–Kier alpha value is -0.660. The lowest BCUT2D eigenvalue weighted by molar-refractivity contribution is -0.137. The maximum absolute atomic E-state index is 13.2. The van der Waals surface area contributed by atoms with Gasteiger partial charge >= 0.3 is 0 Å². The van der Waals surface area contributed by atoms with Gasteiger partial charge in [0, 0.05) is 18.6 Å². The average Bonchev–Trinajstić information content (AvgIpc) is 3.12. The van der Waals surface area contributed by atoms with Crippen LogP contribution < -0.4 is 5.73 Å². The summed E-state index contributed by atoms with van der Waals surface area (Å²) in [5, 5.41) is 0. The van der Waals surface area contributed by atoms with Gasteiger partial charge in [-0.1, -0.05) is 26.2 Å². The first kappa shape index (κ1) is 19.1. The summed E-state index contributed by atoms with van der Waals surface area (Å²) in [5.41, 5.74) is 5.98. The van der Waals surface area contributed by atoms with Crippen molar-refractivity contribution in [3.63, 3.8) is 0 Å². The Morgan fingerprint density at radius 3 is 2.48 bits per heavy atom. The van der Waals surface area contributed by atoms with Crippen LogP contribution in [-0.4, -0.2) is 73.9 Å². The fourth-order valence-electron chi connectivity index (χ4n) is 4.76. The number of nitrogens with two attached hydrogens (primary N) is 1. The number of likely N-dealkylation sites (tertiary alicyclic amines) is 1. The minimum Gasteiger partial charge on any atom is -0.335 e. The molecule has 2 N–H and O–H groups in total. The highest BCUT2D eigenvalue weighted by Crippen LogP contribution is 2.31. The van der Waals surface area contributed by atoms with Crippen LogP contribution in [0.25, 0.3) is 0 Å². The molecule has 2 saturated heterocycles. The predicted molar refractivity (Wildman–Crippen MR) is 99.0 cm³/mol. The number of amides is 1. The molecule has 25 heavy (non-hydrogen) atoms. The molecule has 2 unspecified atom stereocenters. The molecule has 0 aromatic rings. The Morgan fingerprint density at radius 2 is 1.92 bits per heavy atom. The zero-order valence-electron chi connectivity index (χ0n) is 15.5. The van der Waals surface area contributed by atoms with Crippen LogP contribution >= 0.6 is 0 Å². The van der Waals surface area contributed by atoms with Crippen LogP contribution in [-0.2, 0) is 14.6 Å². The average molecular weight is 372 g/mol. The van der Waals surface area contributed by atoms with E-state index in [0.717, 1.165) is 45.2 Å². The summed E-state index contributed by atoms with van der Waals surface area (Å²) in [5.74, 6) is 0.495. The standard InChI is InChI=1S/C18H33N3O3S/c1-18(13-19)8-9-20(14-18)11-17(22)21(15-5-3-2-4-6-15)16-7-10-25(23,24)12-16/h15-16H,2-14,19H2,1H3. The van der Waals surface area contributed by atoms with Crippen molar-refractivity contribution in [1.29, 1.82) is 0 Å². The third-order valence-electron chi connectivity index (χ3n) is 6.35. The summed E-state index contributed by atoms with van der Waals surface area (Å²) >= 11 is 0. The van der Waals surface area contributed by atoms with Gasteiger partial charge in [-0.25, -0.2) is 8.42 Å². The molecule has 1 amide bonds. The van der Waals surface area contributed by atoms with Gasteiger partial charge in [-0.3, -0.25) is 9.69 Å². The Labute approximate surface area is 152 Å².